The third kappa shape index (κ3) is 1.89. The fourth-order valence-corrected chi connectivity index (χ4v) is 2.82. The van der Waals surface area contributed by atoms with Gasteiger partial charge in [-0.3, -0.25) is 0 Å². The van der Waals surface area contributed by atoms with E-state index >= 15 is 0 Å². The summed E-state index contributed by atoms with van der Waals surface area (Å²) in [5, 5.41) is 4.12. The molecule has 78 valence electrons. The molecule has 2 atom stereocenters. The molecule has 0 aliphatic heterocycles. The van der Waals surface area contributed by atoms with Crippen molar-refractivity contribution in [2.75, 3.05) is 0 Å². The predicted octanol–water partition coefficient (Wildman–Crippen LogP) is 1.61. The molecule has 4 heteroatoms. The first-order chi connectivity index (χ1) is 6.77. The summed E-state index contributed by atoms with van der Waals surface area (Å²) in [7, 11) is 0. The number of nitrogens with zero attached hydrogens (tertiary/aromatic N) is 1. The van der Waals surface area contributed by atoms with Crippen molar-refractivity contribution < 1.29 is 4.79 Å². The summed E-state index contributed by atoms with van der Waals surface area (Å²) in [6, 6.07) is -0.558. The number of amides is 2. The van der Waals surface area contributed by atoms with Gasteiger partial charge in [0.1, 0.15) is 0 Å². The molecule has 4 nitrogen and oxygen atoms in total. The van der Waals surface area contributed by atoms with Crippen LogP contribution in [-0.2, 0) is 0 Å². The van der Waals surface area contributed by atoms with Gasteiger partial charge in [0.2, 0.25) is 0 Å². The number of carbonyl (C=O) groups is 1. The average Bonchev–Trinajstić information content (AvgIpc) is 2.62. The number of hydrogen-bond acceptors (Lipinski definition) is 2. The van der Waals surface area contributed by atoms with E-state index in [1.54, 1.807) is 0 Å². The van der Waals surface area contributed by atoms with Crippen LogP contribution in [0.25, 0.3) is 0 Å². The van der Waals surface area contributed by atoms with Crippen molar-refractivity contribution in [2.45, 2.75) is 38.5 Å². The van der Waals surface area contributed by atoms with Gasteiger partial charge in [-0.05, 0) is 38.0 Å². The Labute approximate surface area is 83.9 Å². The number of fused-ring (bicyclic) bond motifs is 1. The SMILES string of the molecule is NC(=O)N/N=C1/CCCC2CCCC12. The molecule has 0 aromatic rings. The molecule has 3 N–H and O–H groups in total. The van der Waals surface area contributed by atoms with Gasteiger partial charge in [-0.25, -0.2) is 10.2 Å². The molecule has 2 aliphatic carbocycles. The van der Waals surface area contributed by atoms with Gasteiger partial charge >= 0.3 is 6.03 Å². The van der Waals surface area contributed by atoms with Crippen molar-refractivity contribution in [3.63, 3.8) is 0 Å². The molecule has 0 spiro atoms. The largest absolute Gasteiger partial charge is 0.350 e. The smallest absolute Gasteiger partial charge is 0.332 e. The number of nitrogens with one attached hydrogen (secondary N) is 1. The maximum atomic E-state index is 10.5. The van der Waals surface area contributed by atoms with Crippen LogP contribution >= 0.6 is 0 Å². The van der Waals surface area contributed by atoms with E-state index in [0.717, 1.165) is 18.1 Å². The highest BCUT2D eigenvalue weighted by Gasteiger charge is 2.33. The molecule has 0 aromatic heterocycles. The number of hydrogen-bond donors (Lipinski definition) is 2. The zero-order valence-electron chi connectivity index (χ0n) is 8.33. The van der Waals surface area contributed by atoms with Gasteiger partial charge in [-0.2, -0.15) is 5.10 Å². The highest BCUT2D eigenvalue weighted by atomic mass is 16.2. The number of rotatable bonds is 1. The number of nitrogens with two attached hydrogens (primary N) is 1. The Hall–Kier alpha value is -1.06. The van der Waals surface area contributed by atoms with Gasteiger partial charge in [0.15, 0.2) is 0 Å². The molecular weight excluding hydrogens is 178 g/mol. The molecule has 0 bridgehead atoms. The zero-order valence-corrected chi connectivity index (χ0v) is 8.33. The van der Waals surface area contributed by atoms with E-state index in [0.29, 0.717) is 5.92 Å². The first-order valence-corrected chi connectivity index (χ1v) is 5.39. The molecule has 0 aromatic carbocycles. The highest BCUT2D eigenvalue weighted by molar-refractivity contribution is 5.89. The highest BCUT2D eigenvalue weighted by Crippen LogP contribution is 2.40. The summed E-state index contributed by atoms with van der Waals surface area (Å²) in [5.74, 6) is 1.44. The van der Waals surface area contributed by atoms with E-state index in [-0.39, 0.29) is 0 Å². The zero-order chi connectivity index (χ0) is 9.97. The fourth-order valence-electron chi connectivity index (χ4n) is 2.82. The van der Waals surface area contributed by atoms with Crippen LogP contribution in [0.4, 0.5) is 4.79 Å². The van der Waals surface area contributed by atoms with E-state index in [1.165, 1.54) is 32.1 Å². The minimum absolute atomic E-state index is 0.558. The van der Waals surface area contributed by atoms with Crippen LogP contribution < -0.4 is 11.2 Å². The molecule has 0 radical (unpaired) electrons. The number of primary amides is 1. The Bertz CT molecular complexity index is 262. The lowest BCUT2D eigenvalue weighted by Gasteiger charge is -2.26. The van der Waals surface area contributed by atoms with Gasteiger partial charge in [-0.1, -0.05) is 6.42 Å². The molecule has 0 saturated heterocycles. The van der Waals surface area contributed by atoms with E-state index in [9.17, 15) is 4.79 Å². The third-order valence-corrected chi connectivity index (χ3v) is 3.40. The van der Waals surface area contributed by atoms with E-state index in [1.807, 2.05) is 0 Å². The maximum Gasteiger partial charge on any atom is 0.332 e. The van der Waals surface area contributed by atoms with Crippen molar-refractivity contribution in [2.24, 2.45) is 22.7 Å². The first-order valence-electron chi connectivity index (χ1n) is 5.39. The van der Waals surface area contributed by atoms with Crippen molar-refractivity contribution in [1.29, 1.82) is 0 Å². The summed E-state index contributed by atoms with van der Waals surface area (Å²) in [5.41, 5.74) is 8.51. The number of carbonyl (C=O) groups excluding carboxylic acids is 1. The van der Waals surface area contributed by atoms with Crippen LogP contribution in [0.1, 0.15) is 38.5 Å². The minimum atomic E-state index is -0.558. The summed E-state index contributed by atoms with van der Waals surface area (Å²) in [6.45, 7) is 0. The molecule has 2 unspecified atom stereocenters. The van der Waals surface area contributed by atoms with Crippen molar-refractivity contribution in [3.05, 3.63) is 0 Å². The second-order valence-electron chi connectivity index (χ2n) is 4.27. The second kappa shape index (κ2) is 3.98. The van der Waals surface area contributed by atoms with Crippen LogP contribution in [0.15, 0.2) is 5.10 Å². The Morgan fingerprint density at radius 3 is 2.93 bits per heavy atom. The van der Waals surface area contributed by atoms with Gasteiger partial charge in [0.25, 0.3) is 0 Å². The van der Waals surface area contributed by atoms with Crippen molar-refractivity contribution in [1.82, 2.24) is 5.43 Å². The van der Waals surface area contributed by atoms with Crippen molar-refractivity contribution >= 4 is 11.7 Å². The fraction of sp³-hybridized carbons (Fsp3) is 0.800. The van der Waals surface area contributed by atoms with Crippen LogP contribution in [0.5, 0.6) is 0 Å². The summed E-state index contributed by atoms with van der Waals surface area (Å²) >= 11 is 0. The summed E-state index contributed by atoms with van der Waals surface area (Å²) in [4.78, 5) is 10.5. The Balaban J connectivity index is 2.02. The molecule has 2 saturated carbocycles. The van der Waals surface area contributed by atoms with E-state index in [4.69, 9.17) is 5.73 Å². The minimum Gasteiger partial charge on any atom is -0.350 e. The van der Waals surface area contributed by atoms with Crippen LogP contribution in [0, 0.1) is 11.8 Å². The molecule has 14 heavy (non-hydrogen) atoms. The molecule has 2 rings (SSSR count). The maximum absolute atomic E-state index is 10.5. The van der Waals surface area contributed by atoms with E-state index < -0.39 is 6.03 Å². The normalized spacial score (nSPS) is 34.1. The second-order valence-corrected chi connectivity index (χ2v) is 4.27. The molecule has 0 heterocycles. The Morgan fingerprint density at radius 2 is 2.14 bits per heavy atom. The number of urea groups is 1. The van der Waals surface area contributed by atoms with Gasteiger partial charge in [0, 0.05) is 11.6 Å². The van der Waals surface area contributed by atoms with Gasteiger partial charge in [0.05, 0.1) is 0 Å². The molecular formula is C10H17N3O. The topological polar surface area (TPSA) is 67.5 Å². The third-order valence-electron chi connectivity index (χ3n) is 3.40. The van der Waals surface area contributed by atoms with Crippen LogP contribution in [-0.4, -0.2) is 11.7 Å². The lowest BCUT2D eigenvalue weighted by molar-refractivity contribution is 0.249. The quantitative estimate of drug-likeness (QED) is 0.613. The summed E-state index contributed by atoms with van der Waals surface area (Å²) in [6.07, 6.45) is 7.46. The average molecular weight is 195 g/mol. The first kappa shape index (κ1) is 9.49. The van der Waals surface area contributed by atoms with E-state index in [2.05, 4.69) is 10.5 Å². The predicted molar refractivity (Wildman–Crippen MR) is 54.8 cm³/mol. The lowest BCUT2D eigenvalue weighted by Crippen LogP contribution is -2.30. The Morgan fingerprint density at radius 1 is 1.36 bits per heavy atom. The standard InChI is InChI=1S/C10H17N3O/c11-10(14)13-12-9-6-2-4-7-3-1-5-8(7)9/h7-8H,1-6H2,(H3,11,13,14)/b12-9-. The molecule has 2 amide bonds. The van der Waals surface area contributed by atoms with Gasteiger partial charge in [-0.15, -0.1) is 0 Å². The number of hydrazone groups is 1. The van der Waals surface area contributed by atoms with Crippen molar-refractivity contribution in [3.8, 4) is 0 Å². The summed E-state index contributed by atoms with van der Waals surface area (Å²) < 4.78 is 0. The monoisotopic (exact) mass is 195 g/mol. The molecule has 2 fully saturated rings. The molecule has 2 aliphatic rings. The van der Waals surface area contributed by atoms with Crippen LogP contribution in [0.2, 0.25) is 0 Å². The Kier molecular flexibility index (Phi) is 2.70. The van der Waals surface area contributed by atoms with Crippen LogP contribution in [0.3, 0.4) is 0 Å². The van der Waals surface area contributed by atoms with Gasteiger partial charge < -0.3 is 5.73 Å². The lowest BCUT2D eigenvalue weighted by atomic mass is 9.80.